The Balaban J connectivity index is 3.95. The minimum atomic E-state index is -0.0268. The molecule has 0 heterocycles. The molecule has 0 radical (unpaired) electrons. The minimum Gasteiger partial charge on any atom is -0.466 e. The van der Waals surface area contributed by atoms with Crippen molar-refractivity contribution in [3.63, 3.8) is 0 Å². The van der Waals surface area contributed by atoms with Crippen LogP contribution in [0.25, 0.3) is 0 Å². The zero-order valence-electron chi connectivity index (χ0n) is 33.3. The number of carbonyl (C=O) groups is 2. The smallest absolute Gasteiger partial charge is 0.306 e. The van der Waals surface area contributed by atoms with Gasteiger partial charge in [0.2, 0.25) is 0 Å². The fourth-order valence-electron chi connectivity index (χ4n) is 6.72. The van der Waals surface area contributed by atoms with Crippen LogP contribution in [0.15, 0.2) is 0 Å². The van der Waals surface area contributed by atoms with Crippen LogP contribution in [0, 0.1) is 0 Å². The number of ether oxygens (including phenoxy) is 2. The molecule has 0 atom stereocenters. The van der Waals surface area contributed by atoms with Gasteiger partial charge in [0.25, 0.3) is 0 Å². The largest absolute Gasteiger partial charge is 0.466 e. The third kappa shape index (κ3) is 36.5. The molecular weight excluding hydrogens is 610 g/mol. The van der Waals surface area contributed by atoms with Crippen molar-refractivity contribution in [3.8, 4) is 0 Å². The Morgan fingerprint density at radius 1 is 0.469 bits per heavy atom. The Bertz CT molecular complexity index is 671. The Kier molecular flexibility index (Phi) is 38.7. The van der Waals surface area contributed by atoms with Crippen molar-refractivity contribution in [2.75, 3.05) is 32.8 Å². The predicted molar refractivity (Wildman–Crippen MR) is 209 cm³/mol. The number of unbranched alkanes of at least 4 members (excludes halogenated alkanes) is 23. The molecule has 0 aliphatic rings. The fraction of sp³-hybridized carbons (Fsp3) is 0.953. The van der Waals surface area contributed by atoms with E-state index in [4.69, 9.17) is 9.47 Å². The summed E-state index contributed by atoms with van der Waals surface area (Å²) in [6.07, 6.45) is 37.5. The number of esters is 2. The Labute approximate surface area is 305 Å². The molecule has 0 aliphatic carbocycles. The lowest BCUT2D eigenvalue weighted by Crippen LogP contribution is -2.29. The third-order valence-electron chi connectivity index (χ3n) is 9.95. The third-order valence-corrected chi connectivity index (χ3v) is 9.95. The molecule has 0 aromatic rings. The van der Waals surface area contributed by atoms with E-state index >= 15 is 0 Å². The molecule has 0 amide bonds. The summed E-state index contributed by atoms with van der Waals surface area (Å²) in [4.78, 5) is 26.8. The maximum atomic E-state index is 12.8. The van der Waals surface area contributed by atoms with Crippen LogP contribution in [0.3, 0.4) is 0 Å². The van der Waals surface area contributed by atoms with Crippen LogP contribution in [0.4, 0.5) is 0 Å². The lowest BCUT2D eigenvalue weighted by molar-refractivity contribution is -0.150. The van der Waals surface area contributed by atoms with Crippen LogP contribution in [0.1, 0.15) is 226 Å². The van der Waals surface area contributed by atoms with Gasteiger partial charge in [0, 0.05) is 19.4 Å². The molecule has 292 valence electrons. The van der Waals surface area contributed by atoms with E-state index in [9.17, 15) is 14.7 Å². The van der Waals surface area contributed by atoms with E-state index in [0.29, 0.717) is 26.0 Å². The molecule has 0 saturated carbocycles. The Morgan fingerprint density at radius 2 is 0.878 bits per heavy atom. The minimum absolute atomic E-state index is 0.0183. The molecule has 0 saturated heterocycles. The molecular formula is C43H85NO5. The van der Waals surface area contributed by atoms with Crippen LogP contribution in [-0.2, 0) is 19.1 Å². The van der Waals surface area contributed by atoms with Crippen LogP contribution >= 0.6 is 0 Å². The first-order valence-corrected chi connectivity index (χ1v) is 21.8. The fourth-order valence-corrected chi connectivity index (χ4v) is 6.72. The van der Waals surface area contributed by atoms with Crippen molar-refractivity contribution in [1.82, 2.24) is 4.90 Å². The summed E-state index contributed by atoms with van der Waals surface area (Å²) in [5, 5.41) is 9.58. The number of nitrogens with zero attached hydrogens (tertiary/aromatic N) is 1. The topological polar surface area (TPSA) is 76.1 Å². The molecule has 49 heavy (non-hydrogen) atoms. The Hall–Kier alpha value is -1.14. The van der Waals surface area contributed by atoms with E-state index in [1.54, 1.807) is 0 Å². The summed E-state index contributed by atoms with van der Waals surface area (Å²) in [6, 6.07) is 0. The highest BCUT2D eigenvalue weighted by Gasteiger charge is 2.15. The van der Waals surface area contributed by atoms with E-state index in [1.807, 2.05) is 0 Å². The van der Waals surface area contributed by atoms with Crippen molar-refractivity contribution < 1.29 is 24.2 Å². The van der Waals surface area contributed by atoms with Crippen LogP contribution < -0.4 is 0 Å². The highest BCUT2D eigenvalue weighted by Crippen LogP contribution is 2.18. The molecule has 0 aromatic carbocycles. The normalized spacial score (nSPS) is 11.6. The van der Waals surface area contributed by atoms with Crippen LogP contribution in [-0.4, -0.2) is 60.9 Å². The molecule has 0 aromatic heterocycles. The zero-order valence-corrected chi connectivity index (χ0v) is 33.3. The first-order valence-electron chi connectivity index (χ1n) is 21.8. The number of aliphatic hydroxyl groups is 1. The van der Waals surface area contributed by atoms with E-state index in [0.717, 1.165) is 70.9 Å². The van der Waals surface area contributed by atoms with Gasteiger partial charge in [0.15, 0.2) is 0 Å². The summed E-state index contributed by atoms with van der Waals surface area (Å²) >= 11 is 0. The number of aliphatic hydroxyl groups excluding tert-OH is 1. The molecule has 6 heteroatoms. The molecule has 1 N–H and O–H groups in total. The zero-order chi connectivity index (χ0) is 35.9. The van der Waals surface area contributed by atoms with Gasteiger partial charge < -0.3 is 19.5 Å². The predicted octanol–water partition coefficient (Wildman–Crippen LogP) is 12.3. The lowest BCUT2D eigenvalue weighted by Gasteiger charge is -2.22. The standard InChI is InChI=1S/C43H85NO5/c1-4-7-10-12-22-26-32-41(33-27-23-13-11-8-5-2)49-43(47)35-31-37-44(38-39-45)36-29-25-21-19-17-15-14-16-18-20-24-28-34-42(46)48-40-30-9-6-3/h41,45H,4-40H2,1-3H3. The monoisotopic (exact) mass is 696 g/mol. The second kappa shape index (κ2) is 39.6. The van der Waals surface area contributed by atoms with Gasteiger partial charge >= 0.3 is 11.9 Å². The molecule has 0 fully saturated rings. The maximum absolute atomic E-state index is 12.8. The summed E-state index contributed by atoms with van der Waals surface area (Å²) in [5.41, 5.74) is 0. The van der Waals surface area contributed by atoms with E-state index < -0.39 is 0 Å². The summed E-state index contributed by atoms with van der Waals surface area (Å²) in [5.74, 6) is -0.0451. The highest BCUT2D eigenvalue weighted by molar-refractivity contribution is 5.69. The molecule has 0 spiro atoms. The van der Waals surface area contributed by atoms with Gasteiger partial charge in [-0.15, -0.1) is 0 Å². The quantitative estimate of drug-likeness (QED) is 0.0508. The van der Waals surface area contributed by atoms with E-state index in [-0.39, 0.29) is 24.6 Å². The first-order chi connectivity index (χ1) is 24.1. The summed E-state index contributed by atoms with van der Waals surface area (Å²) < 4.78 is 11.3. The van der Waals surface area contributed by atoms with Crippen molar-refractivity contribution in [3.05, 3.63) is 0 Å². The molecule has 0 unspecified atom stereocenters. The van der Waals surface area contributed by atoms with Crippen LogP contribution in [0.2, 0.25) is 0 Å². The SMILES string of the molecule is CCCCCCCCC(CCCCCCCC)OC(=O)CCCN(CCO)CCCCCCCCCCCCCCC(=O)OCCCCC. The van der Waals surface area contributed by atoms with E-state index in [2.05, 4.69) is 25.7 Å². The number of carbonyl (C=O) groups excluding carboxylic acids is 2. The molecule has 0 rings (SSSR count). The van der Waals surface area contributed by atoms with Gasteiger partial charge in [-0.3, -0.25) is 9.59 Å². The lowest BCUT2D eigenvalue weighted by atomic mass is 10.0. The number of hydrogen-bond acceptors (Lipinski definition) is 6. The van der Waals surface area contributed by atoms with Crippen molar-refractivity contribution >= 4 is 11.9 Å². The first kappa shape index (κ1) is 47.9. The second-order valence-corrected chi connectivity index (χ2v) is 14.8. The number of rotatable bonds is 40. The van der Waals surface area contributed by atoms with Gasteiger partial charge in [-0.05, 0) is 64.5 Å². The van der Waals surface area contributed by atoms with Crippen molar-refractivity contribution in [2.24, 2.45) is 0 Å². The molecule has 0 bridgehead atoms. The second-order valence-electron chi connectivity index (χ2n) is 14.8. The van der Waals surface area contributed by atoms with Gasteiger partial charge in [-0.25, -0.2) is 0 Å². The molecule has 6 nitrogen and oxygen atoms in total. The van der Waals surface area contributed by atoms with E-state index in [1.165, 1.54) is 135 Å². The molecule has 0 aliphatic heterocycles. The summed E-state index contributed by atoms with van der Waals surface area (Å²) in [6.45, 7) is 10.00. The average Bonchev–Trinajstić information content (AvgIpc) is 3.09. The summed E-state index contributed by atoms with van der Waals surface area (Å²) in [7, 11) is 0. The average molecular weight is 696 g/mol. The van der Waals surface area contributed by atoms with Crippen molar-refractivity contribution in [1.29, 1.82) is 0 Å². The van der Waals surface area contributed by atoms with Gasteiger partial charge in [0.05, 0.1) is 13.2 Å². The van der Waals surface area contributed by atoms with Crippen LogP contribution in [0.5, 0.6) is 0 Å². The van der Waals surface area contributed by atoms with Gasteiger partial charge in [0.1, 0.15) is 6.10 Å². The van der Waals surface area contributed by atoms with Gasteiger partial charge in [-0.2, -0.15) is 0 Å². The Morgan fingerprint density at radius 3 is 1.39 bits per heavy atom. The maximum Gasteiger partial charge on any atom is 0.306 e. The number of hydrogen-bond donors (Lipinski definition) is 1. The van der Waals surface area contributed by atoms with Crippen molar-refractivity contribution in [2.45, 2.75) is 232 Å². The van der Waals surface area contributed by atoms with Gasteiger partial charge in [-0.1, -0.05) is 162 Å². The highest BCUT2D eigenvalue weighted by atomic mass is 16.5.